The number of rotatable bonds is 10. The van der Waals surface area contributed by atoms with Gasteiger partial charge in [0.1, 0.15) is 0 Å². The monoisotopic (exact) mass is 294 g/mol. The van der Waals surface area contributed by atoms with E-state index in [0.717, 1.165) is 6.42 Å². The van der Waals surface area contributed by atoms with Gasteiger partial charge < -0.3 is 0 Å². The Hall–Kier alpha value is -0.490. The molecule has 1 aromatic rings. The Kier molecular flexibility index (Phi) is 8.30. The Morgan fingerprint density at radius 3 is 2.15 bits per heavy atom. The van der Waals surface area contributed by atoms with E-state index in [9.17, 15) is 0 Å². The van der Waals surface area contributed by atoms with Crippen molar-refractivity contribution in [3.8, 4) is 0 Å². The van der Waals surface area contributed by atoms with E-state index in [1.54, 1.807) is 0 Å². The van der Waals surface area contributed by atoms with Gasteiger partial charge in [0, 0.05) is 4.87 Å². The van der Waals surface area contributed by atoms with Crippen molar-refractivity contribution in [2.24, 2.45) is 5.92 Å². The summed E-state index contributed by atoms with van der Waals surface area (Å²) < 4.78 is 0. The lowest BCUT2D eigenvalue weighted by molar-refractivity contribution is 0.367. The molecule has 0 bridgehead atoms. The minimum atomic E-state index is -0.112. The third-order valence-electron chi connectivity index (χ3n) is 4.20. The molecule has 0 aliphatic heterocycles. The zero-order valence-corrected chi connectivity index (χ0v) is 14.3. The molecule has 0 aromatic heterocycles. The van der Waals surface area contributed by atoms with Crippen LogP contribution in [0.4, 0.5) is 0 Å². The van der Waals surface area contributed by atoms with Crippen molar-refractivity contribution in [2.75, 3.05) is 0 Å². The molecule has 0 fully saturated rings. The number of halogens is 1. The lowest BCUT2D eigenvalue weighted by atomic mass is 9.84. The van der Waals surface area contributed by atoms with Gasteiger partial charge in [-0.3, -0.25) is 0 Å². The number of hydrogen-bond acceptors (Lipinski definition) is 0. The van der Waals surface area contributed by atoms with E-state index in [2.05, 4.69) is 51.1 Å². The van der Waals surface area contributed by atoms with Crippen LogP contribution in [-0.2, 0) is 6.42 Å². The van der Waals surface area contributed by atoms with E-state index < -0.39 is 0 Å². The molecule has 0 N–H and O–H groups in total. The van der Waals surface area contributed by atoms with Crippen molar-refractivity contribution in [3.63, 3.8) is 0 Å². The third kappa shape index (κ3) is 7.33. The summed E-state index contributed by atoms with van der Waals surface area (Å²) in [6.07, 6.45) is 10.5. The Balaban J connectivity index is 2.38. The lowest BCUT2D eigenvalue weighted by Gasteiger charge is -2.29. The zero-order valence-electron chi connectivity index (χ0n) is 13.5. The molecular weight excluding hydrogens is 264 g/mol. The van der Waals surface area contributed by atoms with E-state index in [0.29, 0.717) is 5.92 Å². The van der Waals surface area contributed by atoms with Crippen molar-refractivity contribution in [1.82, 2.24) is 0 Å². The van der Waals surface area contributed by atoms with Gasteiger partial charge in [0.15, 0.2) is 0 Å². The first-order valence-corrected chi connectivity index (χ1v) is 8.64. The number of unbranched alkanes of at least 4 members (excludes halogenated alkanes) is 5. The van der Waals surface area contributed by atoms with Gasteiger partial charge in [0.2, 0.25) is 0 Å². The summed E-state index contributed by atoms with van der Waals surface area (Å²) in [4.78, 5) is -0.112. The molecule has 0 aliphatic rings. The van der Waals surface area contributed by atoms with Crippen LogP contribution in [0.25, 0.3) is 0 Å². The molecular formula is C19H31Cl. The number of alkyl halides is 1. The second-order valence-electron chi connectivity index (χ2n) is 6.51. The van der Waals surface area contributed by atoms with Crippen LogP contribution in [0.15, 0.2) is 30.3 Å². The van der Waals surface area contributed by atoms with Crippen LogP contribution < -0.4 is 0 Å². The van der Waals surface area contributed by atoms with Crippen molar-refractivity contribution in [1.29, 1.82) is 0 Å². The Morgan fingerprint density at radius 2 is 1.55 bits per heavy atom. The molecule has 1 atom stereocenters. The summed E-state index contributed by atoms with van der Waals surface area (Å²) in [5.74, 6) is 0.567. The van der Waals surface area contributed by atoms with Gasteiger partial charge in [-0.2, -0.15) is 0 Å². The molecule has 0 radical (unpaired) electrons. The average molecular weight is 295 g/mol. The maximum atomic E-state index is 6.61. The fourth-order valence-electron chi connectivity index (χ4n) is 2.76. The highest BCUT2D eigenvalue weighted by molar-refractivity contribution is 6.23. The minimum absolute atomic E-state index is 0.112. The van der Waals surface area contributed by atoms with Gasteiger partial charge in [-0.25, -0.2) is 0 Å². The summed E-state index contributed by atoms with van der Waals surface area (Å²) in [7, 11) is 0. The van der Waals surface area contributed by atoms with Crippen molar-refractivity contribution >= 4 is 11.6 Å². The van der Waals surface area contributed by atoms with Crippen LogP contribution >= 0.6 is 11.6 Å². The molecule has 0 nitrogen and oxygen atoms in total. The van der Waals surface area contributed by atoms with Gasteiger partial charge in [0.05, 0.1) is 0 Å². The fourth-order valence-corrected chi connectivity index (χ4v) is 2.94. The molecule has 0 amide bonds. The van der Waals surface area contributed by atoms with E-state index >= 15 is 0 Å². The summed E-state index contributed by atoms with van der Waals surface area (Å²) in [6, 6.07) is 10.8. The van der Waals surface area contributed by atoms with E-state index in [1.165, 1.54) is 50.5 Å². The van der Waals surface area contributed by atoms with Crippen molar-refractivity contribution < 1.29 is 0 Å². The second-order valence-corrected chi connectivity index (χ2v) is 7.48. The highest BCUT2D eigenvalue weighted by Gasteiger charge is 2.26. The average Bonchev–Trinajstić information content (AvgIpc) is 2.41. The third-order valence-corrected chi connectivity index (χ3v) is 4.51. The number of benzene rings is 1. The second kappa shape index (κ2) is 9.45. The summed E-state index contributed by atoms with van der Waals surface area (Å²) in [5, 5.41) is 0. The molecule has 1 rings (SSSR count). The Labute approximate surface area is 130 Å². The summed E-state index contributed by atoms with van der Waals surface area (Å²) >= 11 is 6.61. The standard InChI is InChI=1S/C19H31Cl/c1-4-5-6-7-8-12-15-18(19(2,3)20)16-17-13-10-9-11-14-17/h9-11,13-14,18H,4-8,12,15-16H2,1-3H3. The molecule has 20 heavy (non-hydrogen) atoms. The maximum Gasteiger partial charge on any atom is 0.0421 e. The first-order chi connectivity index (χ1) is 9.54. The van der Waals surface area contributed by atoms with Crippen LogP contribution in [0.2, 0.25) is 0 Å². The van der Waals surface area contributed by atoms with Gasteiger partial charge in [0.25, 0.3) is 0 Å². The van der Waals surface area contributed by atoms with E-state index in [1.807, 2.05) is 0 Å². The Morgan fingerprint density at radius 1 is 0.950 bits per heavy atom. The first-order valence-electron chi connectivity index (χ1n) is 8.27. The van der Waals surface area contributed by atoms with Crippen LogP contribution in [0.1, 0.15) is 71.3 Å². The molecule has 1 heteroatoms. The largest absolute Gasteiger partial charge is 0.120 e. The molecule has 0 spiro atoms. The van der Waals surface area contributed by atoms with Crippen molar-refractivity contribution in [3.05, 3.63) is 35.9 Å². The first kappa shape index (κ1) is 17.6. The Bertz CT molecular complexity index is 337. The van der Waals surface area contributed by atoms with Crippen molar-refractivity contribution in [2.45, 2.75) is 77.0 Å². The highest BCUT2D eigenvalue weighted by Crippen LogP contribution is 2.32. The quantitative estimate of drug-likeness (QED) is 0.336. The predicted octanol–water partition coefficient (Wildman–Crippen LogP) is 6.61. The normalized spacial score (nSPS) is 13.4. The lowest BCUT2D eigenvalue weighted by Crippen LogP contribution is -2.26. The summed E-state index contributed by atoms with van der Waals surface area (Å²) in [5.41, 5.74) is 1.41. The fraction of sp³-hybridized carbons (Fsp3) is 0.684. The van der Waals surface area contributed by atoms with E-state index in [-0.39, 0.29) is 4.87 Å². The SMILES string of the molecule is CCCCCCCCC(Cc1ccccc1)C(C)(C)Cl. The highest BCUT2D eigenvalue weighted by atomic mass is 35.5. The van der Waals surface area contributed by atoms with Gasteiger partial charge >= 0.3 is 0 Å². The minimum Gasteiger partial charge on any atom is -0.120 e. The van der Waals surface area contributed by atoms with Crippen LogP contribution in [-0.4, -0.2) is 4.87 Å². The van der Waals surface area contributed by atoms with Gasteiger partial charge in [-0.1, -0.05) is 75.8 Å². The van der Waals surface area contributed by atoms with E-state index in [4.69, 9.17) is 11.6 Å². The molecule has 0 heterocycles. The molecule has 0 saturated heterocycles. The maximum absolute atomic E-state index is 6.61. The van der Waals surface area contributed by atoms with Crippen LogP contribution in [0.3, 0.4) is 0 Å². The topological polar surface area (TPSA) is 0 Å². The van der Waals surface area contributed by atoms with Gasteiger partial charge in [-0.05, 0) is 38.2 Å². The van der Waals surface area contributed by atoms with Gasteiger partial charge in [-0.15, -0.1) is 11.6 Å². The molecule has 1 unspecified atom stereocenters. The molecule has 0 saturated carbocycles. The molecule has 114 valence electrons. The number of hydrogen-bond donors (Lipinski definition) is 0. The molecule has 0 aliphatic carbocycles. The van der Waals surface area contributed by atoms with Crippen LogP contribution in [0, 0.1) is 5.92 Å². The summed E-state index contributed by atoms with van der Waals surface area (Å²) in [6.45, 7) is 6.60. The zero-order chi connectivity index (χ0) is 14.8. The molecule has 1 aromatic carbocycles. The predicted molar refractivity (Wildman–Crippen MR) is 91.6 cm³/mol. The smallest absolute Gasteiger partial charge is 0.0421 e. The van der Waals surface area contributed by atoms with Crippen LogP contribution in [0.5, 0.6) is 0 Å².